The van der Waals surface area contributed by atoms with Crippen LogP contribution in [0.3, 0.4) is 0 Å². The van der Waals surface area contributed by atoms with E-state index in [0.717, 1.165) is 29.8 Å². The highest BCUT2D eigenvalue weighted by atomic mass is 32.1. The van der Waals surface area contributed by atoms with Crippen LogP contribution in [0.4, 0.5) is 5.00 Å². The molecule has 1 heterocycles. The summed E-state index contributed by atoms with van der Waals surface area (Å²) in [6.07, 6.45) is 4.25. The molecule has 6 heteroatoms. The van der Waals surface area contributed by atoms with Gasteiger partial charge in [-0.1, -0.05) is 0 Å². The van der Waals surface area contributed by atoms with Gasteiger partial charge < -0.3 is 14.8 Å². The Morgan fingerprint density at radius 1 is 1.25 bits per heavy atom. The van der Waals surface area contributed by atoms with Gasteiger partial charge >= 0.3 is 5.97 Å². The third-order valence-corrected chi connectivity index (χ3v) is 4.57. The number of hydrogen-bond donors (Lipinski definition) is 1. The maximum atomic E-state index is 12.2. The summed E-state index contributed by atoms with van der Waals surface area (Å²) in [5.74, 6) is -0.270. The standard InChI is InChI=1S/C14H19NO3S2/c1-3-17-13(16)11-9-7-5-6-8-10(9)20-12(11)15-14(19)18-4-2/h3-8H2,1-2H3,(H,15,19). The molecule has 0 spiro atoms. The van der Waals surface area contributed by atoms with E-state index >= 15 is 0 Å². The van der Waals surface area contributed by atoms with Crippen molar-refractivity contribution in [2.24, 2.45) is 0 Å². The molecule has 0 saturated heterocycles. The minimum absolute atomic E-state index is 0.270. The number of hydrogen-bond acceptors (Lipinski definition) is 5. The molecule has 0 radical (unpaired) electrons. The molecular formula is C14H19NO3S2. The number of nitrogens with one attached hydrogen (secondary N) is 1. The molecule has 1 aliphatic carbocycles. The zero-order valence-corrected chi connectivity index (χ0v) is 13.4. The van der Waals surface area contributed by atoms with Gasteiger partial charge in [0.25, 0.3) is 5.17 Å². The number of thiocarbonyl (C=S) groups is 1. The van der Waals surface area contributed by atoms with Crippen LogP contribution in [0.5, 0.6) is 0 Å². The molecular weight excluding hydrogens is 294 g/mol. The number of carbonyl (C=O) groups excluding carboxylic acids is 1. The Hall–Kier alpha value is -1.14. The van der Waals surface area contributed by atoms with Gasteiger partial charge in [0.2, 0.25) is 0 Å². The van der Waals surface area contributed by atoms with E-state index in [1.54, 1.807) is 11.3 Å². The first-order chi connectivity index (χ1) is 9.67. The number of aryl methyl sites for hydroxylation is 1. The SMILES string of the molecule is CCOC(=O)c1c(NC(=S)OCC)sc2c1CCCC2. The van der Waals surface area contributed by atoms with Crippen molar-refractivity contribution in [2.45, 2.75) is 39.5 Å². The van der Waals surface area contributed by atoms with Gasteiger partial charge in [-0.2, -0.15) is 0 Å². The lowest BCUT2D eigenvalue weighted by Crippen LogP contribution is -2.16. The fourth-order valence-electron chi connectivity index (χ4n) is 2.33. The van der Waals surface area contributed by atoms with Gasteiger partial charge in [-0.3, -0.25) is 0 Å². The van der Waals surface area contributed by atoms with Gasteiger partial charge in [0, 0.05) is 4.88 Å². The minimum Gasteiger partial charge on any atom is -0.471 e. The molecule has 1 aromatic heterocycles. The topological polar surface area (TPSA) is 47.6 Å². The number of carbonyl (C=O) groups is 1. The number of anilines is 1. The van der Waals surface area contributed by atoms with E-state index in [9.17, 15) is 4.79 Å². The van der Waals surface area contributed by atoms with Crippen LogP contribution in [-0.4, -0.2) is 24.4 Å². The van der Waals surface area contributed by atoms with E-state index in [0.29, 0.717) is 24.0 Å². The monoisotopic (exact) mass is 313 g/mol. The molecule has 0 fully saturated rings. The van der Waals surface area contributed by atoms with Gasteiger partial charge in [0.15, 0.2) is 0 Å². The summed E-state index contributed by atoms with van der Waals surface area (Å²) in [4.78, 5) is 13.5. The third kappa shape index (κ3) is 3.30. The first-order valence-electron chi connectivity index (χ1n) is 6.92. The Morgan fingerprint density at radius 2 is 1.95 bits per heavy atom. The van der Waals surface area contributed by atoms with Crippen LogP contribution in [0.15, 0.2) is 0 Å². The van der Waals surface area contributed by atoms with E-state index in [1.165, 1.54) is 11.3 Å². The first kappa shape index (κ1) is 15.3. The molecule has 0 amide bonds. The molecule has 0 aliphatic heterocycles. The van der Waals surface area contributed by atoms with Gasteiger partial charge in [0.05, 0.1) is 18.8 Å². The van der Waals surface area contributed by atoms with Gasteiger partial charge in [-0.25, -0.2) is 4.79 Å². The quantitative estimate of drug-likeness (QED) is 0.680. The number of fused-ring (bicyclic) bond motifs is 1. The van der Waals surface area contributed by atoms with E-state index in [4.69, 9.17) is 21.7 Å². The Morgan fingerprint density at radius 3 is 2.65 bits per heavy atom. The van der Waals surface area contributed by atoms with Crippen molar-refractivity contribution < 1.29 is 14.3 Å². The van der Waals surface area contributed by atoms with Crippen LogP contribution in [0.1, 0.15) is 47.5 Å². The van der Waals surface area contributed by atoms with Crippen molar-refractivity contribution in [1.82, 2.24) is 0 Å². The molecule has 2 rings (SSSR count). The molecule has 1 N–H and O–H groups in total. The second kappa shape index (κ2) is 7.04. The highest BCUT2D eigenvalue weighted by Gasteiger charge is 2.26. The molecule has 1 aliphatic rings. The number of rotatable bonds is 4. The Balaban J connectivity index is 2.31. The minimum atomic E-state index is -0.270. The molecule has 4 nitrogen and oxygen atoms in total. The fourth-order valence-corrected chi connectivity index (χ4v) is 3.89. The predicted octanol–water partition coefficient (Wildman–Crippen LogP) is 3.54. The highest BCUT2D eigenvalue weighted by Crippen LogP contribution is 2.38. The Labute approximate surface area is 128 Å². The molecule has 0 unspecified atom stereocenters. The third-order valence-electron chi connectivity index (χ3n) is 3.14. The molecule has 0 aromatic carbocycles. The summed E-state index contributed by atoms with van der Waals surface area (Å²) in [5, 5.41) is 4.10. The summed E-state index contributed by atoms with van der Waals surface area (Å²) in [6, 6.07) is 0. The van der Waals surface area contributed by atoms with Crippen molar-refractivity contribution in [1.29, 1.82) is 0 Å². The van der Waals surface area contributed by atoms with Crippen molar-refractivity contribution in [2.75, 3.05) is 18.5 Å². The molecule has 0 atom stereocenters. The average molecular weight is 313 g/mol. The van der Waals surface area contributed by atoms with E-state index in [2.05, 4.69) is 5.32 Å². The van der Waals surface area contributed by atoms with Crippen LogP contribution in [0, 0.1) is 0 Å². The van der Waals surface area contributed by atoms with Crippen LogP contribution < -0.4 is 5.32 Å². The molecule has 1 aromatic rings. The fraction of sp³-hybridized carbons (Fsp3) is 0.571. The van der Waals surface area contributed by atoms with Crippen molar-refractivity contribution in [3.05, 3.63) is 16.0 Å². The lowest BCUT2D eigenvalue weighted by atomic mass is 9.95. The first-order valence-corrected chi connectivity index (χ1v) is 8.15. The van der Waals surface area contributed by atoms with Crippen LogP contribution in [0.2, 0.25) is 0 Å². The lowest BCUT2D eigenvalue weighted by Gasteiger charge is -2.12. The average Bonchev–Trinajstić information content (AvgIpc) is 2.76. The summed E-state index contributed by atoms with van der Waals surface area (Å²) in [5.41, 5.74) is 1.77. The highest BCUT2D eigenvalue weighted by molar-refractivity contribution is 7.80. The van der Waals surface area contributed by atoms with Gasteiger partial charge in [0.1, 0.15) is 5.00 Å². The summed E-state index contributed by atoms with van der Waals surface area (Å²) >= 11 is 6.70. The summed E-state index contributed by atoms with van der Waals surface area (Å²) in [6.45, 7) is 4.57. The second-order valence-electron chi connectivity index (χ2n) is 4.48. The van der Waals surface area contributed by atoms with Gasteiger partial charge in [-0.15, -0.1) is 11.3 Å². The van der Waals surface area contributed by atoms with Crippen molar-refractivity contribution >= 4 is 39.7 Å². The molecule has 0 saturated carbocycles. The van der Waals surface area contributed by atoms with Crippen LogP contribution in [-0.2, 0) is 22.3 Å². The smallest absolute Gasteiger partial charge is 0.341 e. The largest absolute Gasteiger partial charge is 0.471 e. The van der Waals surface area contributed by atoms with Crippen molar-refractivity contribution in [3.63, 3.8) is 0 Å². The normalized spacial score (nSPS) is 13.5. The Kier molecular flexibility index (Phi) is 5.37. The van der Waals surface area contributed by atoms with E-state index < -0.39 is 0 Å². The summed E-state index contributed by atoms with van der Waals surface area (Å²) in [7, 11) is 0. The van der Waals surface area contributed by atoms with Crippen molar-refractivity contribution in [3.8, 4) is 0 Å². The van der Waals surface area contributed by atoms with Gasteiger partial charge in [-0.05, 0) is 57.3 Å². The Bertz CT molecular complexity index is 511. The molecule has 110 valence electrons. The summed E-state index contributed by atoms with van der Waals surface area (Å²) < 4.78 is 10.4. The number of ether oxygens (including phenoxy) is 2. The zero-order valence-electron chi connectivity index (χ0n) is 11.8. The maximum Gasteiger partial charge on any atom is 0.341 e. The van der Waals surface area contributed by atoms with E-state index in [-0.39, 0.29) is 5.97 Å². The maximum absolute atomic E-state index is 12.2. The molecule has 0 bridgehead atoms. The predicted molar refractivity (Wildman–Crippen MR) is 84.8 cm³/mol. The van der Waals surface area contributed by atoms with Crippen LogP contribution >= 0.6 is 23.6 Å². The number of thiophene rings is 1. The van der Waals surface area contributed by atoms with Crippen LogP contribution in [0.25, 0.3) is 0 Å². The van der Waals surface area contributed by atoms with E-state index in [1.807, 2.05) is 13.8 Å². The molecule has 20 heavy (non-hydrogen) atoms. The number of esters is 1. The lowest BCUT2D eigenvalue weighted by molar-refractivity contribution is 0.0526. The second-order valence-corrected chi connectivity index (χ2v) is 5.96. The zero-order chi connectivity index (χ0) is 14.5.